The lowest BCUT2D eigenvalue weighted by Crippen LogP contribution is -2.53. The second kappa shape index (κ2) is 12.8. The van der Waals surface area contributed by atoms with E-state index in [1.807, 2.05) is 51.1 Å². The van der Waals surface area contributed by atoms with Crippen LogP contribution in [0.15, 0.2) is 54.6 Å². The van der Waals surface area contributed by atoms with E-state index in [0.717, 1.165) is 16.1 Å². The van der Waals surface area contributed by atoms with E-state index in [0.29, 0.717) is 30.1 Å². The lowest BCUT2D eigenvalue weighted by molar-refractivity contribution is -0.139. The van der Waals surface area contributed by atoms with E-state index in [2.05, 4.69) is 5.32 Å². The smallest absolute Gasteiger partial charge is 0.244 e. The van der Waals surface area contributed by atoms with Gasteiger partial charge >= 0.3 is 0 Å². The number of hydrogen-bond donors (Lipinski definition) is 1. The molecule has 0 aliphatic rings. The highest BCUT2D eigenvalue weighted by Gasteiger charge is 2.31. The first-order valence-corrected chi connectivity index (χ1v) is 13.6. The van der Waals surface area contributed by atoms with Gasteiger partial charge in [0.2, 0.25) is 21.8 Å². The van der Waals surface area contributed by atoms with Crippen LogP contribution in [0.1, 0.15) is 32.8 Å². The molecule has 0 radical (unpaired) electrons. The molecule has 2 aromatic carbocycles. The summed E-state index contributed by atoms with van der Waals surface area (Å²) < 4.78 is 26.1. The third-order valence-electron chi connectivity index (χ3n) is 5.35. The van der Waals surface area contributed by atoms with Crippen molar-refractivity contribution in [3.63, 3.8) is 0 Å². The fraction of sp³-hybridized carbons (Fsp3) is 0.440. The van der Waals surface area contributed by atoms with Crippen molar-refractivity contribution < 1.29 is 18.0 Å². The fourth-order valence-corrected chi connectivity index (χ4v) is 4.52. The zero-order valence-corrected chi connectivity index (χ0v) is 21.8. The van der Waals surface area contributed by atoms with Crippen LogP contribution in [-0.2, 0) is 26.0 Å². The SMILES string of the molecule is CC[C@H](C(=O)NCC(C)C)N(CCc1ccccc1)C(=O)CN(c1ccc(Cl)cc1)S(C)(=O)=O. The maximum Gasteiger partial charge on any atom is 0.244 e. The second-order valence-corrected chi connectivity index (χ2v) is 11.0. The summed E-state index contributed by atoms with van der Waals surface area (Å²) in [6.07, 6.45) is 2.00. The van der Waals surface area contributed by atoms with Crippen molar-refractivity contribution in [2.45, 2.75) is 39.7 Å². The first-order valence-electron chi connectivity index (χ1n) is 11.4. The number of nitrogens with zero attached hydrogens (tertiary/aromatic N) is 2. The van der Waals surface area contributed by atoms with Crippen LogP contribution in [-0.4, -0.2) is 57.1 Å². The highest BCUT2D eigenvalue weighted by molar-refractivity contribution is 7.92. The van der Waals surface area contributed by atoms with E-state index in [-0.39, 0.29) is 18.4 Å². The normalized spacial score (nSPS) is 12.3. The van der Waals surface area contributed by atoms with Crippen LogP contribution < -0.4 is 9.62 Å². The molecule has 186 valence electrons. The average Bonchev–Trinajstić information content (AvgIpc) is 2.79. The summed E-state index contributed by atoms with van der Waals surface area (Å²) in [7, 11) is -3.76. The summed E-state index contributed by atoms with van der Waals surface area (Å²) >= 11 is 5.95. The molecule has 1 atom stereocenters. The molecule has 2 amide bonds. The van der Waals surface area contributed by atoms with Gasteiger partial charge in [-0.3, -0.25) is 13.9 Å². The molecule has 0 unspecified atom stereocenters. The number of sulfonamides is 1. The second-order valence-electron chi connectivity index (χ2n) is 8.63. The highest BCUT2D eigenvalue weighted by Crippen LogP contribution is 2.21. The van der Waals surface area contributed by atoms with Gasteiger partial charge in [0.05, 0.1) is 11.9 Å². The molecule has 1 N–H and O–H groups in total. The van der Waals surface area contributed by atoms with Crippen LogP contribution >= 0.6 is 11.6 Å². The van der Waals surface area contributed by atoms with Crippen molar-refractivity contribution in [1.82, 2.24) is 10.2 Å². The van der Waals surface area contributed by atoms with Crippen LogP contribution in [0.4, 0.5) is 5.69 Å². The molecule has 0 fully saturated rings. The highest BCUT2D eigenvalue weighted by atomic mass is 35.5. The summed E-state index contributed by atoms with van der Waals surface area (Å²) in [4.78, 5) is 28.0. The predicted octanol–water partition coefficient (Wildman–Crippen LogP) is 3.73. The molecule has 2 aromatic rings. The molecule has 0 heterocycles. The molecule has 9 heteroatoms. The Kier molecular flexibility index (Phi) is 10.4. The Morgan fingerprint density at radius 1 is 1.03 bits per heavy atom. The van der Waals surface area contributed by atoms with E-state index >= 15 is 0 Å². The fourth-order valence-electron chi connectivity index (χ4n) is 3.54. The summed E-state index contributed by atoms with van der Waals surface area (Å²) in [5.74, 6) is -0.418. The van der Waals surface area contributed by atoms with Crippen molar-refractivity contribution in [1.29, 1.82) is 0 Å². The van der Waals surface area contributed by atoms with Gasteiger partial charge < -0.3 is 10.2 Å². The molecule has 7 nitrogen and oxygen atoms in total. The summed E-state index contributed by atoms with van der Waals surface area (Å²) in [6.45, 7) is 6.20. The number of benzene rings is 2. The van der Waals surface area contributed by atoms with Gasteiger partial charge in [-0.25, -0.2) is 8.42 Å². The first kappa shape index (κ1) is 27.7. The Hall–Kier alpha value is -2.58. The van der Waals surface area contributed by atoms with Crippen LogP contribution in [0.25, 0.3) is 0 Å². The molecule has 0 saturated carbocycles. The number of halogens is 1. The van der Waals surface area contributed by atoms with E-state index < -0.39 is 28.5 Å². The van der Waals surface area contributed by atoms with Crippen LogP contribution in [0, 0.1) is 5.92 Å². The quantitative estimate of drug-likeness (QED) is 0.474. The molecular weight excluding hydrogens is 474 g/mol. The third-order valence-corrected chi connectivity index (χ3v) is 6.74. The molecular formula is C25H34ClN3O4S. The summed E-state index contributed by atoms with van der Waals surface area (Å²) in [5.41, 5.74) is 1.36. The van der Waals surface area contributed by atoms with Gasteiger partial charge in [0, 0.05) is 18.1 Å². The number of hydrogen-bond acceptors (Lipinski definition) is 4. The van der Waals surface area contributed by atoms with E-state index in [9.17, 15) is 18.0 Å². The topological polar surface area (TPSA) is 86.8 Å². The predicted molar refractivity (Wildman–Crippen MR) is 137 cm³/mol. The molecule has 2 rings (SSSR count). The molecule has 0 bridgehead atoms. The Balaban J connectivity index is 2.32. The van der Waals surface area contributed by atoms with Gasteiger partial charge in [-0.2, -0.15) is 0 Å². The van der Waals surface area contributed by atoms with Gasteiger partial charge in [-0.1, -0.05) is 62.7 Å². The summed E-state index contributed by atoms with van der Waals surface area (Å²) in [5, 5.41) is 3.37. The minimum Gasteiger partial charge on any atom is -0.354 e. The van der Waals surface area contributed by atoms with Gasteiger partial charge in [0.15, 0.2) is 0 Å². The van der Waals surface area contributed by atoms with Crippen molar-refractivity contribution in [2.75, 3.05) is 30.2 Å². The van der Waals surface area contributed by atoms with Gasteiger partial charge in [-0.15, -0.1) is 0 Å². The minimum atomic E-state index is -3.76. The van der Waals surface area contributed by atoms with Gasteiger partial charge in [0.1, 0.15) is 12.6 Å². The maximum absolute atomic E-state index is 13.5. The standard InChI is InChI=1S/C25H34ClN3O4S/c1-5-23(25(31)27-17-19(2)3)28(16-15-20-9-7-6-8-10-20)24(30)18-29(34(4,32)33)22-13-11-21(26)12-14-22/h6-14,19,23H,5,15-18H2,1-4H3,(H,27,31)/t23-/m1/s1. The lowest BCUT2D eigenvalue weighted by atomic mass is 10.1. The number of carbonyl (C=O) groups is 2. The van der Waals surface area contributed by atoms with Gasteiger partial charge in [0.25, 0.3) is 0 Å². The van der Waals surface area contributed by atoms with E-state index in [1.54, 1.807) is 24.3 Å². The molecule has 0 aromatic heterocycles. The Morgan fingerprint density at radius 2 is 1.65 bits per heavy atom. The molecule has 0 aliphatic heterocycles. The van der Waals surface area contributed by atoms with Gasteiger partial charge in [-0.05, 0) is 48.6 Å². The number of amides is 2. The monoisotopic (exact) mass is 507 g/mol. The van der Waals surface area contributed by atoms with Crippen molar-refractivity contribution in [3.8, 4) is 0 Å². The molecule has 0 spiro atoms. The van der Waals surface area contributed by atoms with Crippen molar-refractivity contribution in [3.05, 3.63) is 65.2 Å². The van der Waals surface area contributed by atoms with Crippen molar-refractivity contribution in [2.24, 2.45) is 5.92 Å². The van der Waals surface area contributed by atoms with Crippen LogP contribution in [0.5, 0.6) is 0 Å². The molecule has 0 saturated heterocycles. The first-order chi connectivity index (χ1) is 16.0. The largest absolute Gasteiger partial charge is 0.354 e. The Bertz CT molecular complexity index is 1040. The third kappa shape index (κ3) is 8.33. The minimum absolute atomic E-state index is 0.241. The van der Waals surface area contributed by atoms with Crippen molar-refractivity contribution >= 4 is 39.1 Å². The lowest BCUT2D eigenvalue weighted by Gasteiger charge is -2.33. The molecule has 0 aliphatic carbocycles. The Labute approximate surface area is 208 Å². The zero-order valence-electron chi connectivity index (χ0n) is 20.2. The number of anilines is 1. The van der Waals surface area contributed by atoms with E-state index in [4.69, 9.17) is 11.6 Å². The number of nitrogens with one attached hydrogen (secondary N) is 1. The Morgan fingerprint density at radius 3 is 2.18 bits per heavy atom. The average molecular weight is 508 g/mol. The van der Waals surface area contributed by atoms with Crippen LogP contribution in [0.3, 0.4) is 0 Å². The molecule has 34 heavy (non-hydrogen) atoms. The summed E-state index contributed by atoms with van der Waals surface area (Å²) in [6, 6.07) is 15.2. The number of carbonyl (C=O) groups excluding carboxylic acids is 2. The maximum atomic E-state index is 13.5. The van der Waals surface area contributed by atoms with Crippen LogP contribution in [0.2, 0.25) is 5.02 Å². The van der Waals surface area contributed by atoms with E-state index in [1.165, 1.54) is 4.90 Å². The number of rotatable bonds is 12. The zero-order chi connectivity index (χ0) is 25.3.